The van der Waals surface area contributed by atoms with Gasteiger partial charge in [0.15, 0.2) is 0 Å². The van der Waals surface area contributed by atoms with Crippen molar-refractivity contribution in [3.05, 3.63) is 98.6 Å². The Morgan fingerprint density at radius 1 is 1.11 bits per heavy atom. The Morgan fingerprint density at radius 2 is 1.86 bits per heavy atom. The lowest BCUT2D eigenvalue weighted by Gasteiger charge is -2.38. The first kappa shape index (κ1) is 26.3. The summed E-state index contributed by atoms with van der Waals surface area (Å²) < 4.78 is 33.0. The van der Waals surface area contributed by atoms with Gasteiger partial charge in [0.25, 0.3) is 0 Å². The molecule has 0 saturated carbocycles. The van der Waals surface area contributed by atoms with Gasteiger partial charge in [-0.05, 0) is 59.5 Å². The predicted molar refractivity (Wildman–Crippen MR) is 145 cm³/mol. The van der Waals surface area contributed by atoms with Crippen molar-refractivity contribution in [3.63, 3.8) is 0 Å². The molecule has 0 spiro atoms. The number of sulfonamides is 1. The highest BCUT2D eigenvalue weighted by Gasteiger charge is 2.35. The molecule has 1 aromatic heterocycles. The predicted octanol–water partition coefficient (Wildman–Crippen LogP) is 4.87. The van der Waals surface area contributed by atoms with E-state index in [9.17, 15) is 13.2 Å². The second-order valence-electron chi connectivity index (χ2n) is 8.83. The Balaban J connectivity index is 1.61. The summed E-state index contributed by atoms with van der Waals surface area (Å²) in [6.07, 6.45) is 2.83. The summed E-state index contributed by atoms with van der Waals surface area (Å²) in [6, 6.07) is 19.2. The van der Waals surface area contributed by atoms with E-state index in [4.69, 9.17) is 4.74 Å². The quantitative estimate of drug-likeness (QED) is 0.355. The van der Waals surface area contributed by atoms with Gasteiger partial charge in [0.2, 0.25) is 15.9 Å². The molecule has 0 aliphatic carbocycles. The highest BCUT2D eigenvalue weighted by molar-refractivity contribution is 7.92. The number of ether oxygens (including phenoxy) is 1. The molecule has 1 atom stereocenters. The third kappa shape index (κ3) is 6.13. The fourth-order valence-electron chi connectivity index (χ4n) is 4.55. The number of hydrogen-bond acceptors (Lipinski definition) is 5. The molecule has 0 bridgehead atoms. The summed E-state index contributed by atoms with van der Waals surface area (Å²) in [7, 11) is -2.24. The van der Waals surface area contributed by atoms with E-state index >= 15 is 0 Å². The van der Waals surface area contributed by atoms with E-state index in [0.717, 1.165) is 28.7 Å². The molecule has 0 radical (unpaired) electrons. The number of carbonyl (C=O) groups is 1. The van der Waals surface area contributed by atoms with Crippen LogP contribution in [0.5, 0.6) is 0 Å². The van der Waals surface area contributed by atoms with Gasteiger partial charge in [0.1, 0.15) is 0 Å². The van der Waals surface area contributed by atoms with Crippen LogP contribution in [0.15, 0.2) is 71.5 Å². The van der Waals surface area contributed by atoms with Crippen LogP contribution < -0.4 is 0 Å². The summed E-state index contributed by atoms with van der Waals surface area (Å²) in [4.78, 5) is 16.9. The van der Waals surface area contributed by atoms with Crippen LogP contribution >= 0.6 is 11.3 Å². The SMILES string of the molecule is COCCCN(CC(=O)N1CCc2sccc2C1c1ccccc1C)S(=O)(=O)C=Cc1ccccc1. The molecule has 0 N–H and O–H groups in total. The first-order valence-electron chi connectivity index (χ1n) is 12.0. The lowest BCUT2D eigenvalue weighted by Crippen LogP contribution is -2.46. The summed E-state index contributed by atoms with van der Waals surface area (Å²) in [6.45, 7) is 3.00. The van der Waals surface area contributed by atoms with Crippen molar-refractivity contribution in [2.75, 3.05) is 33.4 Å². The zero-order valence-corrected chi connectivity index (χ0v) is 22.3. The van der Waals surface area contributed by atoms with Gasteiger partial charge in [-0.1, -0.05) is 54.6 Å². The van der Waals surface area contributed by atoms with Crippen molar-refractivity contribution < 1.29 is 17.9 Å². The number of carbonyl (C=O) groups excluding carboxylic acids is 1. The van der Waals surface area contributed by atoms with E-state index in [2.05, 4.69) is 30.5 Å². The maximum atomic E-state index is 13.8. The van der Waals surface area contributed by atoms with Crippen molar-refractivity contribution in [2.45, 2.75) is 25.8 Å². The Labute approximate surface area is 217 Å². The molecule has 1 amide bonds. The Bertz CT molecular complexity index is 1300. The molecular weight excluding hydrogens is 492 g/mol. The Morgan fingerprint density at radius 3 is 2.61 bits per heavy atom. The van der Waals surface area contributed by atoms with Crippen molar-refractivity contribution >= 4 is 33.3 Å². The number of aryl methyl sites for hydroxylation is 1. The molecule has 1 aliphatic rings. The molecule has 1 aliphatic heterocycles. The van der Waals surface area contributed by atoms with Crippen LogP contribution in [-0.2, 0) is 26.0 Å². The zero-order chi connectivity index (χ0) is 25.5. The van der Waals surface area contributed by atoms with Gasteiger partial charge in [-0.2, -0.15) is 4.31 Å². The minimum atomic E-state index is -3.82. The van der Waals surface area contributed by atoms with Crippen LogP contribution in [0.3, 0.4) is 0 Å². The normalized spacial score (nSPS) is 16.0. The Kier molecular flexibility index (Phi) is 8.74. The molecule has 0 fully saturated rings. The standard InChI is InChI=1S/C28H32N2O4S2/c1-22-9-6-7-12-24(22)28-25-14-19-35-26(25)13-17-30(28)27(31)21-29(16-8-18-34-2)36(32,33)20-15-23-10-4-3-5-11-23/h3-7,9-12,14-15,19-20,28H,8,13,16-18,21H2,1-2H3. The minimum Gasteiger partial charge on any atom is -0.385 e. The maximum absolute atomic E-state index is 13.8. The third-order valence-electron chi connectivity index (χ3n) is 6.43. The molecule has 6 nitrogen and oxygen atoms in total. The van der Waals surface area contributed by atoms with E-state index in [1.54, 1.807) is 24.5 Å². The van der Waals surface area contributed by atoms with E-state index < -0.39 is 10.0 Å². The number of nitrogens with zero attached hydrogens (tertiary/aromatic N) is 2. The molecule has 1 unspecified atom stereocenters. The monoisotopic (exact) mass is 524 g/mol. The molecular formula is C28H32N2O4S2. The van der Waals surface area contributed by atoms with Crippen molar-refractivity contribution in [3.8, 4) is 0 Å². The van der Waals surface area contributed by atoms with E-state index in [1.165, 1.54) is 14.6 Å². The molecule has 2 heterocycles. The average Bonchev–Trinajstić information content (AvgIpc) is 3.36. The molecule has 8 heteroatoms. The number of fused-ring (bicyclic) bond motifs is 1. The smallest absolute Gasteiger partial charge is 0.238 e. The van der Waals surface area contributed by atoms with Gasteiger partial charge in [-0.3, -0.25) is 4.79 Å². The summed E-state index contributed by atoms with van der Waals surface area (Å²) >= 11 is 1.71. The Hall–Kier alpha value is -2.78. The van der Waals surface area contributed by atoms with E-state index in [-0.39, 0.29) is 25.0 Å². The second-order valence-corrected chi connectivity index (χ2v) is 11.7. The van der Waals surface area contributed by atoms with Gasteiger partial charge < -0.3 is 9.64 Å². The molecule has 4 rings (SSSR count). The molecule has 2 aromatic carbocycles. The summed E-state index contributed by atoms with van der Waals surface area (Å²) in [5.74, 6) is -0.200. The molecule has 0 saturated heterocycles. The minimum absolute atomic E-state index is 0.200. The summed E-state index contributed by atoms with van der Waals surface area (Å²) in [5, 5.41) is 3.26. The van der Waals surface area contributed by atoms with Crippen LogP contribution in [0.4, 0.5) is 0 Å². The number of benzene rings is 2. The number of thiophene rings is 1. The average molecular weight is 525 g/mol. The summed E-state index contributed by atoms with van der Waals surface area (Å²) in [5.41, 5.74) is 4.09. The third-order valence-corrected chi connectivity index (χ3v) is 8.94. The van der Waals surface area contributed by atoms with Crippen LogP contribution in [0.1, 0.15) is 39.6 Å². The van der Waals surface area contributed by atoms with Gasteiger partial charge in [0.05, 0.1) is 12.6 Å². The molecule has 36 heavy (non-hydrogen) atoms. The molecule has 190 valence electrons. The van der Waals surface area contributed by atoms with Gasteiger partial charge in [-0.25, -0.2) is 8.42 Å². The number of amides is 1. The van der Waals surface area contributed by atoms with Crippen LogP contribution in [0.25, 0.3) is 6.08 Å². The van der Waals surface area contributed by atoms with Crippen LogP contribution in [0.2, 0.25) is 0 Å². The largest absolute Gasteiger partial charge is 0.385 e. The lowest BCUT2D eigenvalue weighted by molar-refractivity contribution is -0.133. The number of rotatable bonds is 10. The van der Waals surface area contributed by atoms with Crippen molar-refractivity contribution in [2.24, 2.45) is 0 Å². The fourth-order valence-corrected chi connectivity index (χ4v) is 6.63. The van der Waals surface area contributed by atoms with E-state index in [1.807, 2.05) is 47.4 Å². The van der Waals surface area contributed by atoms with Crippen LogP contribution in [-0.4, -0.2) is 56.9 Å². The van der Waals surface area contributed by atoms with Crippen LogP contribution in [0, 0.1) is 6.92 Å². The zero-order valence-electron chi connectivity index (χ0n) is 20.7. The van der Waals surface area contributed by atoms with Crippen molar-refractivity contribution in [1.82, 2.24) is 9.21 Å². The molecule has 3 aromatic rings. The topological polar surface area (TPSA) is 66.9 Å². The van der Waals surface area contributed by atoms with Gasteiger partial charge in [-0.15, -0.1) is 11.3 Å². The maximum Gasteiger partial charge on any atom is 0.238 e. The lowest BCUT2D eigenvalue weighted by atomic mass is 9.90. The first-order chi connectivity index (χ1) is 17.4. The highest BCUT2D eigenvalue weighted by atomic mass is 32.2. The van der Waals surface area contributed by atoms with Gasteiger partial charge in [0, 0.05) is 37.1 Å². The van der Waals surface area contributed by atoms with E-state index in [0.29, 0.717) is 19.6 Å². The highest BCUT2D eigenvalue weighted by Crippen LogP contribution is 2.39. The first-order valence-corrected chi connectivity index (χ1v) is 14.4. The second kappa shape index (κ2) is 12.0. The fraction of sp³-hybridized carbons (Fsp3) is 0.321. The number of methoxy groups -OCH3 is 1. The van der Waals surface area contributed by atoms with Crippen molar-refractivity contribution in [1.29, 1.82) is 0 Å². The van der Waals surface area contributed by atoms with Gasteiger partial charge >= 0.3 is 0 Å². The number of hydrogen-bond donors (Lipinski definition) is 0.